The van der Waals surface area contributed by atoms with Gasteiger partial charge < -0.3 is 14.7 Å². The summed E-state index contributed by atoms with van der Waals surface area (Å²) in [5.74, 6) is 1.44. The number of piperazine rings is 1. The molecule has 0 bridgehead atoms. The lowest BCUT2D eigenvalue weighted by atomic mass is 10.2. The molecule has 6 heteroatoms. The Morgan fingerprint density at radius 3 is 2.46 bits per heavy atom. The maximum atomic E-state index is 12.9. The zero-order valence-corrected chi connectivity index (χ0v) is 15.9. The molecule has 2 heterocycles. The molecule has 3 rings (SSSR count). The van der Waals surface area contributed by atoms with E-state index in [4.69, 9.17) is 0 Å². The van der Waals surface area contributed by atoms with Crippen molar-refractivity contribution in [1.29, 1.82) is 0 Å². The molecular weight excluding hydrogens is 326 g/mol. The van der Waals surface area contributed by atoms with Crippen molar-refractivity contribution in [2.45, 2.75) is 20.4 Å². The summed E-state index contributed by atoms with van der Waals surface area (Å²) < 4.78 is 0. The van der Waals surface area contributed by atoms with Crippen LogP contribution in [0.15, 0.2) is 36.4 Å². The molecule has 1 aromatic carbocycles. The van der Waals surface area contributed by atoms with Gasteiger partial charge in [-0.25, -0.2) is 9.97 Å². The first-order valence-corrected chi connectivity index (χ1v) is 9.19. The molecule has 0 saturated carbocycles. The van der Waals surface area contributed by atoms with Crippen molar-refractivity contribution in [3.63, 3.8) is 0 Å². The summed E-state index contributed by atoms with van der Waals surface area (Å²) in [4.78, 5) is 28.2. The van der Waals surface area contributed by atoms with E-state index in [0.717, 1.165) is 45.1 Å². The lowest BCUT2D eigenvalue weighted by molar-refractivity contribution is 0.0658. The molecule has 0 atom stereocenters. The van der Waals surface area contributed by atoms with Crippen LogP contribution in [0.25, 0.3) is 0 Å². The van der Waals surface area contributed by atoms with Crippen molar-refractivity contribution >= 4 is 11.7 Å². The first-order valence-electron chi connectivity index (χ1n) is 9.19. The number of benzene rings is 1. The fourth-order valence-corrected chi connectivity index (χ4v) is 3.15. The van der Waals surface area contributed by atoms with E-state index in [-0.39, 0.29) is 5.91 Å². The number of carbonyl (C=O) groups is 1. The molecule has 1 aromatic heterocycles. The number of aryl methyl sites for hydroxylation is 1. The number of hydrogen-bond acceptors (Lipinski definition) is 5. The van der Waals surface area contributed by atoms with Gasteiger partial charge in [-0.15, -0.1) is 0 Å². The predicted molar refractivity (Wildman–Crippen MR) is 103 cm³/mol. The van der Waals surface area contributed by atoms with Crippen LogP contribution < -0.4 is 4.90 Å². The van der Waals surface area contributed by atoms with Crippen LogP contribution in [0.3, 0.4) is 0 Å². The number of rotatable bonds is 5. The van der Waals surface area contributed by atoms with Gasteiger partial charge >= 0.3 is 0 Å². The number of aromatic nitrogens is 2. The van der Waals surface area contributed by atoms with Crippen molar-refractivity contribution in [2.24, 2.45) is 0 Å². The van der Waals surface area contributed by atoms with Crippen LogP contribution in [0.5, 0.6) is 0 Å². The van der Waals surface area contributed by atoms with Crippen molar-refractivity contribution in [3.8, 4) is 0 Å². The van der Waals surface area contributed by atoms with E-state index in [2.05, 4.69) is 45.9 Å². The summed E-state index contributed by atoms with van der Waals surface area (Å²) in [7, 11) is 2.08. The van der Waals surface area contributed by atoms with Gasteiger partial charge in [0.05, 0.1) is 0 Å². The third-order valence-electron chi connectivity index (χ3n) is 4.76. The number of nitrogens with zero attached hydrogens (tertiary/aromatic N) is 5. The van der Waals surface area contributed by atoms with Gasteiger partial charge in [0.2, 0.25) is 0 Å². The molecule has 0 radical (unpaired) electrons. The second-order valence-corrected chi connectivity index (χ2v) is 6.75. The highest BCUT2D eigenvalue weighted by Gasteiger charge is 2.23. The minimum atomic E-state index is 0.000569. The Kier molecular flexibility index (Phi) is 5.83. The van der Waals surface area contributed by atoms with Crippen LogP contribution in [-0.2, 0) is 6.54 Å². The summed E-state index contributed by atoms with van der Waals surface area (Å²) >= 11 is 0. The second kappa shape index (κ2) is 8.27. The Morgan fingerprint density at radius 1 is 1.12 bits per heavy atom. The zero-order valence-electron chi connectivity index (χ0n) is 15.9. The van der Waals surface area contributed by atoms with E-state index in [0.29, 0.717) is 11.5 Å². The van der Waals surface area contributed by atoms with Crippen LogP contribution in [0.4, 0.5) is 5.82 Å². The molecular formula is C20H27N5O. The topological polar surface area (TPSA) is 52.6 Å². The monoisotopic (exact) mass is 353 g/mol. The van der Waals surface area contributed by atoms with Crippen LogP contribution in [0, 0.1) is 6.92 Å². The highest BCUT2D eigenvalue weighted by molar-refractivity contribution is 5.93. The molecule has 26 heavy (non-hydrogen) atoms. The number of amides is 1. The van der Waals surface area contributed by atoms with Gasteiger partial charge in [-0.05, 0) is 26.5 Å². The second-order valence-electron chi connectivity index (χ2n) is 6.75. The molecule has 138 valence electrons. The smallest absolute Gasteiger partial charge is 0.272 e. The molecule has 0 unspecified atom stereocenters. The molecule has 0 spiro atoms. The van der Waals surface area contributed by atoms with Gasteiger partial charge in [-0.1, -0.05) is 30.3 Å². The van der Waals surface area contributed by atoms with Crippen molar-refractivity contribution in [1.82, 2.24) is 19.8 Å². The van der Waals surface area contributed by atoms with Gasteiger partial charge in [-0.2, -0.15) is 0 Å². The van der Waals surface area contributed by atoms with Crippen molar-refractivity contribution < 1.29 is 4.79 Å². The molecule has 6 nitrogen and oxygen atoms in total. The van der Waals surface area contributed by atoms with Crippen LogP contribution in [-0.4, -0.2) is 65.4 Å². The van der Waals surface area contributed by atoms with Crippen LogP contribution >= 0.6 is 0 Å². The van der Waals surface area contributed by atoms with E-state index in [1.807, 2.05) is 36.1 Å². The van der Waals surface area contributed by atoms with Gasteiger partial charge in [0.15, 0.2) is 0 Å². The standard InChI is InChI=1S/C20H27N5O/c1-4-24(15-17-8-6-5-7-9-17)19-14-18(21-16(2)22-19)20(26)25-12-10-23(3)11-13-25/h5-9,14H,4,10-13,15H2,1-3H3. The van der Waals surface area contributed by atoms with Gasteiger partial charge in [-0.3, -0.25) is 4.79 Å². The SMILES string of the molecule is CCN(Cc1ccccc1)c1cc(C(=O)N2CCN(C)CC2)nc(C)n1. The number of hydrogen-bond donors (Lipinski definition) is 0. The van der Waals surface area contributed by atoms with Crippen molar-refractivity contribution in [2.75, 3.05) is 44.7 Å². The van der Waals surface area contributed by atoms with Gasteiger partial charge in [0.1, 0.15) is 17.3 Å². The Labute approximate surface area is 155 Å². The van der Waals surface area contributed by atoms with Gasteiger partial charge in [0, 0.05) is 45.3 Å². The van der Waals surface area contributed by atoms with E-state index in [1.165, 1.54) is 5.56 Å². The Hall–Kier alpha value is -2.47. The Bertz CT molecular complexity index is 741. The predicted octanol–water partition coefficient (Wildman–Crippen LogP) is 2.20. The molecule has 1 amide bonds. The van der Waals surface area contributed by atoms with E-state index in [9.17, 15) is 4.79 Å². The summed E-state index contributed by atoms with van der Waals surface area (Å²) in [5.41, 5.74) is 1.71. The lowest BCUT2D eigenvalue weighted by Crippen LogP contribution is -2.47. The van der Waals surface area contributed by atoms with E-state index in [1.54, 1.807) is 0 Å². The number of anilines is 1. The number of carbonyl (C=O) groups excluding carboxylic acids is 1. The quantitative estimate of drug-likeness (QED) is 0.825. The third-order valence-corrected chi connectivity index (χ3v) is 4.76. The Morgan fingerprint density at radius 2 is 1.81 bits per heavy atom. The summed E-state index contributed by atoms with van der Waals surface area (Å²) in [5, 5.41) is 0. The van der Waals surface area contributed by atoms with E-state index < -0.39 is 0 Å². The molecule has 1 aliphatic heterocycles. The minimum absolute atomic E-state index is 0.000569. The molecule has 0 aliphatic carbocycles. The summed E-state index contributed by atoms with van der Waals surface area (Å²) in [6.45, 7) is 8.81. The molecule has 2 aromatic rings. The average molecular weight is 353 g/mol. The van der Waals surface area contributed by atoms with Crippen LogP contribution in [0.2, 0.25) is 0 Å². The van der Waals surface area contributed by atoms with Gasteiger partial charge in [0.25, 0.3) is 5.91 Å². The first-order chi connectivity index (χ1) is 12.6. The highest BCUT2D eigenvalue weighted by atomic mass is 16.2. The average Bonchev–Trinajstić information content (AvgIpc) is 2.66. The molecule has 1 saturated heterocycles. The molecule has 1 fully saturated rings. The number of likely N-dealkylation sites (N-methyl/N-ethyl adjacent to an activating group) is 1. The summed E-state index contributed by atoms with van der Waals surface area (Å²) in [6.07, 6.45) is 0. The van der Waals surface area contributed by atoms with Crippen molar-refractivity contribution in [3.05, 3.63) is 53.5 Å². The maximum absolute atomic E-state index is 12.9. The minimum Gasteiger partial charge on any atom is -0.352 e. The maximum Gasteiger partial charge on any atom is 0.272 e. The third kappa shape index (κ3) is 4.38. The van der Waals surface area contributed by atoms with E-state index >= 15 is 0 Å². The first kappa shape index (κ1) is 18.3. The normalized spacial score (nSPS) is 15.1. The fraction of sp³-hybridized carbons (Fsp3) is 0.450. The molecule has 1 aliphatic rings. The largest absolute Gasteiger partial charge is 0.352 e. The Balaban J connectivity index is 1.81. The molecule has 0 N–H and O–H groups in total. The zero-order chi connectivity index (χ0) is 18.5. The summed E-state index contributed by atoms with van der Waals surface area (Å²) in [6, 6.07) is 12.1. The van der Waals surface area contributed by atoms with Crippen LogP contribution in [0.1, 0.15) is 28.8 Å². The highest BCUT2D eigenvalue weighted by Crippen LogP contribution is 2.17. The fourth-order valence-electron chi connectivity index (χ4n) is 3.15. The lowest BCUT2D eigenvalue weighted by Gasteiger charge is -2.32.